The molecule has 9 nitrogen and oxygen atoms in total. The van der Waals surface area contributed by atoms with Crippen molar-refractivity contribution in [1.82, 2.24) is 5.32 Å². The molecule has 2 heterocycles. The van der Waals surface area contributed by atoms with Gasteiger partial charge in [0.2, 0.25) is 5.91 Å². The molecule has 43 heavy (non-hydrogen) atoms. The molecule has 10 heteroatoms. The van der Waals surface area contributed by atoms with Crippen molar-refractivity contribution < 1.29 is 38.4 Å². The van der Waals surface area contributed by atoms with Crippen molar-refractivity contribution in [3.63, 3.8) is 0 Å². The zero-order valence-electron chi connectivity index (χ0n) is 25.1. The number of rotatable bonds is 6. The third-order valence-electron chi connectivity index (χ3n) is 9.10. The van der Waals surface area contributed by atoms with Gasteiger partial charge in [0, 0.05) is 16.9 Å². The van der Waals surface area contributed by atoms with Crippen LogP contribution in [0.15, 0.2) is 24.3 Å². The third kappa shape index (κ3) is 6.18. The molecular weight excluding hydrogens is 574 g/mol. The van der Waals surface area contributed by atoms with Crippen LogP contribution < -0.4 is 19.5 Å². The van der Waals surface area contributed by atoms with Crippen LogP contribution in [0, 0.1) is 11.3 Å². The average Bonchev–Trinajstić information content (AvgIpc) is 2.92. The topological polar surface area (TPSA) is 120 Å². The molecule has 0 unspecified atom stereocenters. The number of carbonyl (C=O) groups excluding carboxylic acids is 3. The molecule has 3 aliphatic rings. The van der Waals surface area contributed by atoms with Crippen molar-refractivity contribution in [1.29, 1.82) is 0 Å². The monoisotopic (exact) mass is 611 g/mol. The summed E-state index contributed by atoms with van der Waals surface area (Å²) in [5.41, 5.74) is 1.84. The summed E-state index contributed by atoms with van der Waals surface area (Å²) in [6.45, 7) is 10.8. The predicted molar refractivity (Wildman–Crippen MR) is 162 cm³/mol. The van der Waals surface area contributed by atoms with Crippen LogP contribution in [0.4, 0.5) is 4.79 Å². The van der Waals surface area contributed by atoms with Gasteiger partial charge in [-0.25, -0.2) is 4.79 Å². The number of nitrogens with one attached hydrogen (secondary N) is 1. The number of carbonyl (C=O) groups is 3. The van der Waals surface area contributed by atoms with Gasteiger partial charge in [-0.15, -0.1) is 11.6 Å². The molecule has 2 aromatic carbocycles. The molecule has 1 fully saturated rings. The van der Waals surface area contributed by atoms with Crippen LogP contribution in [-0.2, 0) is 27.2 Å². The first-order valence-electron chi connectivity index (χ1n) is 14.5. The van der Waals surface area contributed by atoms with Crippen LogP contribution in [0.3, 0.4) is 0 Å². The fourth-order valence-corrected chi connectivity index (χ4v) is 6.87. The molecule has 3 atom stereocenters. The van der Waals surface area contributed by atoms with Crippen molar-refractivity contribution in [2.75, 3.05) is 5.88 Å². The van der Waals surface area contributed by atoms with E-state index >= 15 is 0 Å². The number of ether oxygens (including phenoxy) is 4. The van der Waals surface area contributed by atoms with E-state index in [1.54, 1.807) is 12.1 Å². The molecule has 0 spiro atoms. The average molecular weight is 612 g/mol. The molecule has 1 aliphatic carbocycles. The van der Waals surface area contributed by atoms with Gasteiger partial charge in [0.05, 0.1) is 0 Å². The maximum Gasteiger partial charge on any atom is 0.419 e. The van der Waals surface area contributed by atoms with E-state index in [2.05, 4.69) is 26.1 Å². The molecule has 2 amide bonds. The lowest BCUT2D eigenvalue weighted by Gasteiger charge is -2.55. The zero-order valence-corrected chi connectivity index (χ0v) is 25.9. The summed E-state index contributed by atoms with van der Waals surface area (Å²) in [6, 6.07) is 7.25. The van der Waals surface area contributed by atoms with Gasteiger partial charge in [0.15, 0.2) is 11.5 Å². The van der Waals surface area contributed by atoms with E-state index in [9.17, 15) is 19.5 Å². The van der Waals surface area contributed by atoms with E-state index in [4.69, 9.17) is 30.5 Å². The highest BCUT2D eigenvalue weighted by Gasteiger charge is 2.56. The highest BCUT2D eigenvalue weighted by molar-refractivity contribution is 6.28. The smallest absolute Gasteiger partial charge is 0.419 e. The van der Waals surface area contributed by atoms with Crippen molar-refractivity contribution in [2.45, 2.75) is 84.0 Å². The van der Waals surface area contributed by atoms with E-state index < -0.39 is 23.2 Å². The molecule has 230 valence electrons. The minimum Gasteiger partial charge on any atom is -0.504 e. The molecule has 2 N–H and O–H groups in total. The van der Waals surface area contributed by atoms with Crippen LogP contribution in [0.25, 0.3) is 12.2 Å². The minimum atomic E-state index is -0.920. The minimum absolute atomic E-state index is 0.0565. The molecule has 0 aromatic heterocycles. The van der Waals surface area contributed by atoms with Crippen LogP contribution >= 0.6 is 11.6 Å². The van der Waals surface area contributed by atoms with E-state index in [0.717, 1.165) is 23.1 Å². The standard InChI is InChI=1S/C33H38ClNO8/c1-31(2)10-8-22-24(41-30(39)35-28(38)17-34)14-20(15-25(22)42-31)7-6-19-12-21-16-26-32(3,4)27(40-18-36)9-11-33(26,5)43-29(21)23(37)13-19/h6-7,12-15,18,26-27,37H,8-11,16-17H2,1-5H3,(H,35,38,39)/b7-6+/t26-,27-,33-/m1/s1. The fraction of sp³-hybridized carbons (Fsp3) is 0.485. The van der Waals surface area contributed by atoms with Crippen LogP contribution in [0.5, 0.6) is 23.0 Å². The molecule has 1 saturated carbocycles. The van der Waals surface area contributed by atoms with Crippen LogP contribution in [-0.4, -0.2) is 46.8 Å². The Morgan fingerprint density at radius 3 is 2.49 bits per heavy atom. The zero-order chi connectivity index (χ0) is 31.2. The van der Waals surface area contributed by atoms with Crippen LogP contribution in [0.1, 0.15) is 76.1 Å². The number of hydrogen-bond acceptors (Lipinski definition) is 8. The molecule has 2 aromatic rings. The Kier molecular flexibility index (Phi) is 8.15. The number of imide groups is 1. The number of amides is 2. The van der Waals surface area contributed by atoms with Gasteiger partial charge >= 0.3 is 6.09 Å². The Hall–Kier alpha value is -3.72. The lowest BCUT2D eigenvalue weighted by atomic mass is 9.57. The van der Waals surface area contributed by atoms with Gasteiger partial charge in [-0.05, 0) is 93.8 Å². The van der Waals surface area contributed by atoms with Gasteiger partial charge in [-0.1, -0.05) is 26.0 Å². The Morgan fingerprint density at radius 2 is 1.79 bits per heavy atom. The second kappa shape index (κ2) is 11.4. The van der Waals surface area contributed by atoms with Crippen molar-refractivity contribution in [2.24, 2.45) is 11.3 Å². The van der Waals surface area contributed by atoms with E-state index in [1.807, 2.05) is 38.1 Å². The molecule has 0 saturated heterocycles. The van der Waals surface area contributed by atoms with Gasteiger partial charge in [-0.3, -0.25) is 14.9 Å². The summed E-state index contributed by atoms with van der Waals surface area (Å²) in [4.78, 5) is 35.1. The first kappa shape index (κ1) is 30.7. The number of fused-ring (bicyclic) bond motifs is 3. The number of halogens is 1. The van der Waals surface area contributed by atoms with Gasteiger partial charge in [0.25, 0.3) is 6.47 Å². The first-order valence-corrected chi connectivity index (χ1v) is 15.0. The second-order valence-electron chi connectivity index (χ2n) is 13.0. The van der Waals surface area contributed by atoms with Crippen molar-refractivity contribution in [3.05, 3.63) is 46.5 Å². The highest BCUT2D eigenvalue weighted by Crippen LogP contribution is 2.55. The number of alkyl halides is 1. The number of hydrogen-bond donors (Lipinski definition) is 2. The lowest BCUT2D eigenvalue weighted by Crippen LogP contribution is -2.59. The number of phenolic OH excluding ortho intramolecular Hbond substituents is 1. The quantitative estimate of drug-likeness (QED) is 0.225. The summed E-state index contributed by atoms with van der Waals surface area (Å²) >= 11 is 5.51. The summed E-state index contributed by atoms with van der Waals surface area (Å²) in [5.74, 6) is 0.463. The maximum absolute atomic E-state index is 12.3. The SMILES string of the molecule is CC1(C)CCc2c(OC(=O)NC(=O)CCl)cc(/C=C/c3cc(O)c4c(c3)C[C@@H]3C(C)(C)[C@H](OC=O)CC[C@@]3(C)O4)cc2O1. The maximum atomic E-state index is 12.3. The lowest BCUT2D eigenvalue weighted by molar-refractivity contribution is -0.167. The number of aromatic hydroxyl groups is 1. The predicted octanol–water partition coefficient (Wildman–Crippen LogP) is 6.19. The molecular formula is C33H38ClNO8. The molecule has 0 radical (unpaired) electrons. The number of phenols is 1. The van der Waals surface area contributed by atoms with Gasteiger partial charge in [-0.2, -0.15) is 0 Å². The van der Waals surface area contributed by atoms with E-state index in [-0.39, 0.29) is 29.1 Å². The van der Waals surface area contributed by atoms with Gasteiger partial charge in [0.1, 0.15) is 34.7 Å². The summed E-state index contributed by atoms with van der Waals surface area (Å²) < 4.78 is 23.7. The Morgan fingerprint density at radius 1 is 1.07 bits per heavy atom. The highest BCUT2D eigenvalue weighted by atomic mass is 35.5. The van der Waals surface area contributed by atoms with E-state index in [1.165, 1.54) is 0 Å². The second-order valence-corrected chi connectivity index (χ2v) is 13.3. The summed E-state index contributed by atoms with van der Waals surface area (Å²) in [6.07, 6.45) is 5.97. The normalized spacial score (nSPS) is 24.8. The van der Waals surface area contributed by atoms with Gasteiger partial charge < -0.3 is 24.1 Å². The van der Waals surface area contributed by atoms with Crippen molar-refractivity contribution >= 4 is 42.2 Å². The number of benzene rings is 2. The fourth-order valence-electron chi connectivity index (χ4n) is 6.81. The molecule has 5 rings (SSSR count). The molecule has 2 aliphatic heterocycles. The summed E-state index contributed by atoms with van der Waals surface area (Å²) in [7, 11) is 0. The first-order chi connectivity index (χ1) is 20.2. The largest absolute Gasteiger partial charge is 0.504 e. The Labute approximate surface area is 256 Å². The third-order valence-corrected chi connectivity index (χ3v) is 9.35. The summed E-state index contributed by atoms with van der Waals surface area (Å²) in [5, 5.41) is 13.1. The van der Waals surface area contributed by atoms with Crippen LogP contribution in [0.2, 0.25) is 0 Å². The molecule has 0 bridgehead atoms. The Bertz CT molecular complexity index is 1480. The van der Waals surface area contributed by atoms with E-state index in [0.29, 0.717) is 55.0 Å². The van der Waals surface area contributed by atoms with Crippen molar-refractivity contribution in [3.8, 4) is 23.0 Å². The Balaban J connectivity index is 1.45.